The van der Waals surface area contributed by atoms with E-state index in [1.165, 1.54) is 0 Å². The topological polar surface area (TPSA) is 120 Å². The predicted molar refractivity (Wildman–Crippen MR) is 144 cm³/mol. The van der Waals surface area contributed by atoms with Crippen molar-refractivity contribution in [2.75, 3.05) is 17.7 Å². The second-order valence-corrected chi connectivity index (χ2v) is 10.3. The number of carbonyl (C=O) groups is 2. The quantitative estimate of drug-likeness (QED) is 0.325. The van der Waals surface area contributed by atoms with E-state index in [4.69, 9.17) is 9.47 Å². The summed E-state index contributed by atoms with van der Waals surface area (Å²) in [6.07, 6.45) is 5.23. The maximum Gasteiger partial charge on any atom is 0.357 e. The Morgan fingerprint density at radius 3 is 2.55 bits per heavy atom. The van der Waals surface area contributed by atoms with E-state index in [0.29, 0.717) is 28.6 Å². The van der Waals surface area contributed by atoms with Crippen molar-refractivity contribution in [3.63, 3.8) is 0 Å². The molecule has 3 heterocycles. The van der Waals surface area contributed by atoms with E-state index in [2.05, 4.69) is 25.7 Å². The highest BCUT2D eigenvalue weighted by molar-refractivity contribution is 5.94. The molecule has 0 atom stereocenters. The zero-order chi connectivity index (χ0) is 27.0. The third kappa shape index (κ3) is 5.44. The fourth-order valence-corrected chi connectivity index (χ4v) is 4.05. The van der Waals surface area contributed by atoms with Gasteiger partial charge in [0.1, 0.15) is 17.0 Å². The number of imidazole rings is 1. The Morgan fingerprint density at radius 2 is 1.89 bits per heavy atom. The molecule has 0 radical (unpaired) electrons. The number of aryl methyl sites for hydroxylation is 1. The van der Waals surface area contributed by atoms with Gasteiger partial charge in [0, 0.05) is 29.3 Å². The van der Waals surface area contributed by atoms with Gasteiger partial charge in [0.2, 0.25) is 5.91 Å². The number of aromatic nitrogens is 4. The number of nitrogens with one attached hydrogen (secondary N) is 2. The molecule has 10 heteroatoms. The Hall–Kier alpha value is -4.47. The van der Waals surface area contributed by atoms with Crippen LogP contribution in [0.1, 0.15) is 49.8 Å². The second kappa shape index (κ2) is 9.77. The molecule has 10 nitrogen and oxygen atoms in total. The minimum absolute atomic E-state index is 0.0263. The summed E-state index contributed by atoms with van der Waals surface area (Å²) in [6.45, 7) is 7.33. The molecule has 3 aromatic heterocycles. The molecule has 0 spiro atoms. The van der Waals surface area contributed by atoms with Crippen molar-refractivity contribution in [3.05, 3.63) is 60.2 Å². The molecular formula is C28H30N6O4. The number of carbonyl (C=O) groups excluding carboxylic acids is 2. The van der Waals surface area contributed by atoms with Crippen LogP contribution < -0.4 is 15.4 Å². The van der Waals surface area contributed by atoms with E-state index >= 15 is 0 Å². The van der Waals surface area contributed by atoms with Crippen LogP contribution in [0.15, 0.2) is 48.8 Å². The molecule has 1 aliphatic carbocycles. The number of hydrogen-bond donors (Lipinski definition) is 2. The van der Waals surface area contributed by atoms with Crippen LogP contribution in [0.3, 0.4) is 0 Å². The number of amides is 1. The number of esters is 1. The summed E-state index contributed by atoms with van der Waals surface area (Å²) in [5, 5.41) is 10.8. The van der Waals surface area contributed by atoms with Gasteiger partial charge in [0.05, 0.1) is 30.4 Å². The van der Waals surface area contributed by atoms with E-state index in [9.17, 15) is 9.59 Å². The van der Waals surface area contributed by atoms with E-state index in [-0.39, 0.29) is 17.5 Å². The van der Waals surface area contributed by atoms with Crippen molar-refractivity contribution in [1.29, 1.82) is 0 Å². The molecule has 1 fully saturated rings. The third-order valence-corrected chi connectivity index (χ3v) is 5.92. The van der Waals surface area contributed by atoms with Gasteiger partial charge >= 0.3 is 5.97 Å². The number of para-hydroxylation sites is 1. The standard InChI is InChI=1S/C28H30N6O4/c1-16-15-34-25(30-16)22(13-23(33-34)32-26(35)17-9-10-17)31-20-8-6-7-19(24(20)37-5)18-11-12-21(29-14-18)27(36)38-28(2,3)4/h6-8,11-15,17,31H,9-10H2,1-5H3,(H,32,33,35). The lowest BCUT2D eigenvalue weighted by molar-refractivity contribution is -0.117. The number of nitrogens with zero attached hydrogens (tertiary/aromatic N) is 4. The summed E-state index contributed by atoms with van der Waals surface area (Å²) >= 11 is 0. The number of methoxy groups -OCH3 is 1. The predicted octanol–water partition coefficient (Wildman–Crippen LogP) is 5.16. The van der Waals surface area contributed by atoms with E-state index in [0.717, 1.165) is 29.7 Å². The van der Waals surface area contributed by atoms with Crippen LogP contribution in [0.2, 0.25) is 0 Å². The molecule has 2 N–H and O–H groups in total. The number of pyridine rings is 1. The maximum atomic E-state index is 12.4. The van der Waals surface area contributed by atoms with Gasteiger partial charge in [-0.15, -0.1) is 5.10 Å². The maximum absolute atomic E-state index is 12.4. The molecule has 1 saturated carbocycles. The zero-order valence-electron chi connectivity index (χ0n) is 22.0. The van der Waals surface area contributed by atoms with Crippen LogP contribution in [0.5, 0.6) is 5.75 Å². The van der Waals surface area contributed by atoms with Crippen LogP contribution >= 0.6 is 0 Å². The SMILES string of the molecule is COc1c(Nc2cc(NC(=O)C3CC3)nn3cc(C)nc23)cccc1-c1ccc(C(=O)OC(C)(C)C)nc1. The molecule has 0 aliphatic heterocycles. The zero-order valence-corrected chi connectivity index (χ0v) is 22.0. The average Bonchev–Trinajstić information content (AvgIpc) is 3.64. The highest BCUT2D eigenvalue weighted by Crippen LogP contribution is 2.38. The van der Waals surface area contributed by atoms with Gasteiger partial charge in [-0.05, 0) is 52.7 Å². The summed E-state index contributed by atoms with van der Waals surface area (Å²) in [5.74, 6) is 0.572. The molecular weight excluding hydrogens is 484 g/mol. The van der Waals surface area contributed by atoms with E-state index < -0.39 is 11.6 Å². The molecule has 5 rings (SSSR count). The van der Waals surface area contributed by atoms with Gasteiger partial charge in [0.15, 0.2) is 11.5 Å². The first-order valence-electron chi connectivity index (χ1n) is 12.4. The number of hydrogen-bond acceptors (Lipinski definition) is 8. The minimum Gasteiger partial charge on any atom is -0.494 e. The lowest BCUT2D eigenvalue weighted by Gasteiger charge is -2.19. The Kier molecular flexibility index (Phi) is 6.48. The Labute approximate surface area is 220 Å². The summed E-state index contributed by atoms with van der Waals surface area (Å²) in [6, 6.07) is 10.9. The van der Waals surface area contributed by atoms with Crippen LogP contribution in [0.4, 0.5) is 17.2 Å². The van der Waals surface area contributed by atoms with Gasteiger partial charge in [-0.3, -0.25) is 4.79 Å². The normalized spacial score (nSPS) is 13.3. The van der Waals surface area contributed by atoms with Crippen molar-refractivity contribution >= 4 is 34.7 Å². The Balaban J connectivity index is 1.47. The minimum atomic E-state index is -0.604. The second-order valence-electron chi connectivity index (χ2n) is 10.3. The fourth-order valence-electron chi connectivity index (χ4n) is 4.05. The number of benzene rings is 1. The Bertz CT molecular complexity index is 1520. The molecule has 0 bridgehead atoms. The average molecular weight is 515 g/mol. The van der Waals surface area contributed by atoms with Crippen LogP contribution in [0.25, 0.3) is 16.8 Å². The molecule has 4 aromatic rings. The van der Waals surface area contributed by atoms with Crippen LogP contribution in [-0.2, 0) is 9.53 Å². The summed E-state index contributed by atoms with van der Waals surface area (Å²) in [7, 11) is 1.59. The van der Waals surface area contributed by atoms with Crippen molar-refractivity contribution in [2.45, 2.75) is 46.1 Å². The third-order valence-electron chi connectivity index (χ3n) is 5.92. The molecule has 196 valence electrons. The molecule has 1 aliphatic rings. The highest BCUT2D eigenvalue weighted by Gasteiger charge is 2.30. The highest BCUT2D eigenvalue weighted by atomic mass is 16.6. The van der Waals surface area contributed by atoms with Crippen molar-refractivity contribution in [2.24, 2.45) is 5.92 Å². The van der Waals surface area contributed by atoms with Crippen LogP contribution in [-0.4, -0.2) is 44.2 Å². The monoisotopic (exact) mass is 514 g/mol. The summed E-state index contributed by atoms with van der Waals surface area (Å²) < 4.78 is 12.9. The van der Waals surface area contributed by atoms with Gasteiger partial charge in [-0.25, -0.2) is 19.3 Å². The van der Waals surface area contributed by atoms with Gasteiger partial charge in [0.25, 0.3) is 0 Å². The molecule has 1 amide bonds. The van der Waals surface area contributed by atoms with Gasteiger partial charge in [-0.1, -0.05) is 18.2 Å². The molecule has 38 heavy (non-hydrogen) atoms. The number of ether oxygens (including phenoxy) is 2. The number of fused-ring (bicyclic) bond motifs is 1. The molecule has 0 unspecified atom stereocenters. The molecule has 0 saturated heterocycles. The lowest BCUT2D eigenvalue weighted by atomic mass is 10.0. The largest absolute Gasteiger partial charge is 0.494 e. The molecule has 1 aromatic carbocycles. The first-order valence-corrected chi connectivity index (χ1v) is 12.4. The number of anilines is 3. The van der Waals surface area contributed by atoms with Crippen LogP contribution in [0, 0.1) is 12.8 Å². The van der Waals surface area contributed by atoms with Crippen molar-refractivity contribution < 1.29 is 19.1 Å². The van der Waals surface area contributed by atoms with Gasteiger partial charge in [-0.2, -0.15) is 0 Å². The smallest absolute Gasteiger partial charge is 0.357 e. The summed E-state index contributed by atoms with van der Waals surface area (Å²) in [4.78, 5) is 33.7. The lowest BCUT2D eigenvalue weighted by Crippen LogP contribution is -2.24. The Morgan fingerprint density at radius 1 is 1.11 bits per heavy atom. The number of rotatable bonds is 7. The van der Waals surface area contributed by atoms with E-state index in [1.54, 1.807) is 36.2 Å². The van der Waals surface area contributed by atoms with E-state index in [1.807, 2.05) is 52.0 Å². The van der Waals surface area contributed by atoms with Gasteiger partial charge < -0.3 is 20.1 Å². The summed E-state index contributed by atoms with van der Waals surface area (Å²) in [5.41, 5.74) is 3.94. The first-order chi connectivity index (χ1) is 18.1. The van der Waals surface area contributed by atoms with Crippen molar-refractivity contribution in [1.82, 2.24) is 19.6 Å². The fraction of sp³-hybridized carbons (Fsp3) is 0.321. The first kappa shape index (κ1) is 25.2. The van der Waals surface area contributed by atoms with Crippen molar-refractivity contribution in [3.8, 4) is 16.9 Å².